The van der Waals surface area contributed by atoms with Gasteiger partial charge in [-0.2, -0.15) is 0 Å². The number of piperidine rings is 1. The molecule has 3 heterocycles. The highest BCUT2D eigenvalue weighted by molar-refractivity contribution is 7.88. The van der Waals surface area contributed by atoms with Crippen LogP contribution in [0, 0.1) is 0 Å². The van der Waals surface area contributed by atoms with Gasteiger partial charge in [-0.05, 0) is 75.0 Å². The molecule has 0 spiro atoms. The van der Waals surface area contributed by atoms with E-state index in [-0.39, 0.29) is 24.1 Å². The molecule has 8 heteroatoms. The molecule has 4 bridgehead atoms. The van der Waals surface area contributed by atoms with Gasteiger partial charge in [-0.15, -0.1) is 0 Å². The third-order valence-electron chi connectivity index (χ3n) is 7.02. The van der Waals surface area contributed by atoms with Crippen LogP contribution in [0.5, 0.6) is 5.75 Å². The van der Waals surface area contributed by atoms with Crippen molar-refractivity contribution >= 4 is 15.9 Å². The van der Waals surface area contributed by atoms with Crippen LogP contribution in [0.25, 0.3) is 0 Å². The second-order valence-electron chi connectivity index (χ2n) is 9.48. The van der Waals surface area contributed by atoms with Crippen LogP contribution in [0.3, 0.4) is 0 Å². The standard InChI is InChI=1S/C24H36N2O5S/c1-32(28,29)25-22-8-5-14-26-23(22)17-31-20-12-10-18(11-13-20)19-6-4-7-21(16-19)30-15-3-2-9-24(26)27/h4,6-7,16,18,20,22-23,25H,2-3,5,8-15,17H2,1H3/t18?,20?,22?,23-/m0/s1. The zero-order valence-electron chi connectivity index (χ0n) is 19.0. The van der Waals surface area contributed by atoms with Gasteiger partial charge in [0.2, 0.25) is 15.9 Å². The van der Waals surface area contributed by atoms with Gasteiger partial charge >= 0.3 is 0 Å². The van der Waals surface area contributed by atoms with Gasteiger partial charge in [0.05, 0.1) is 31.6 Å². The Hall–Kier alpha value is -1.64. The number of ether oxygens (including phenoxy) is 2. The fourth-order valence-electron chi connectivity index (χ4n) is 5.35. The predicted molar refractivity (Wildman–Crippen MR) is 123 cm³/mol. The van der Waals surface area contributed by atoms with Crippen molar-refractivity contribution in [2.45, 2.75) is 81.9 Å². The molecule has 1 N–H and O–H groups in total. The Morgan fingerprint density at radius 1 is 1.06 bits per heavy atom. The summed E-state index contributed by atoms with van der Waals surface area (Å²) < 4.78 is 39.0. The summed E-state index contributed by atoms with van der Waals surface area (Å²) in [7, 11) is -3.36. The van der Waals surface area contributed by atoms with Crippen molar-refractivity contribution < 1.29 is 22.7 Å². The smallest absolute Gasteiger partial charge is 0.222 e. The van der Waals surface area contributed by atoms with E-state index in [2.05, 4.69) is 22.9 Å². The first kappa shape index (κ1) is 23.5. The molecule has 1 aromatic carbocycles. The summed E-state index contributed by atoms with van der Waals surface area (Å²) >= 11 is 0. The molecule has 32 heavy (non-hydrogen) atoms. The number of nitrogens with one attached hydrogen (secondary N) is 1. The molecule has 3 aliphatic heterocycles. The van der Waals surface area contributed by atoms with Crippen molar-refractivity contribution in [2.24, 2.45) is 0 Å². The van der Waals surface area contributed by atoms with Crippen LogP contribution in [0.1, 0.15) is 69.3 Å². The van der Waals surface area contributed by atoms with E-state index in [4.69, 9.17) is 9.47 Å². The summed E-state index contributed by atoms with van der Waals surface area (Å²) in [4.78, 5) is 14.9. The maximum absolute atomic E-state index is 13.1. The second-order valence-corrected chi connectivity index (χ2v) is 11.3. The Balaban J connectivity index is 1.51. The first-order valence-electron chi connectivity index (χ1n) is 12.0. The molecule has 1 saturated carbocycles. The normalized spacial score (nSPS) is 30.3. The lowest BCUT2D eigenvalue weighted by atomic mass is 9.82. The highest BCUT2D eigenvalue weighted by Crippen LogP contribution is 2.35. The van der Waals surface area contributed by atoms with Gasteiger partial charge in [-0.1, -0.05) is 12.1 Å². The van der Waals surface area contributed by atoms with Crippen LogP contribution in [0.15, 0.2) is 24.3 Å². The van der Waals surface area contributed by atoms with Crippen molar-refractivity contribution in [3.8, 4) is 5.75 Å². The number of fused-ring (bicyclic) bond motifs is 8. The van der Waals surface area contributed by atoms with Crippen LogP contribution in [0.2, 0.25) is 0 Å². The van der Waals surface area contributed by atoms with Crippen molar-refractivity contribution in [3.05, 3.63) is 29.8 Å². The Morgan fingerprint density at radius 3 is 2.66 bits per heavy atom. The SMILES string of the molecule is CS(=O)(=O)NC1CCCN2C(=O)CCCCOc3cccc(c3)C3CCC(CC3)OC[C@@H]12. The van der Waals surface area contributed by atoms with Gasteiger partial charge in [0.15, 0.2) is 0 Å². The fourth-order valence-corrected chi connectivity index (χ4v) is 6.18. The van der Waals surface area contributed by atoms with Crippen molar-refractivity contribution in [1.82, 2.24) is 9.62 Å². The molecular formula is C24H36N2O5S. The number of hydrogen-bond donors (Lipinski definition) is 1. The number of amides is 1. The quantitative estimate of drug-likeness (QED) is 0.727. The van der Waals surface area contributed by atoms with Gasteiger partial charge in [0, 0.05) is 19.0 Å². The first-order valence-corrected chi connectivity index (χ1v) is 13.9. The van der Waals surface area contributed by atoms with Crippen LogP contribution < -0.4 is 9.46 Å². The van der Waals surface area contributed by atoms with Gasteiger partial charge < -0.3 is 14.4 Å². The van der Waals surface area contributed by atoms with Gasteiger partial charge in [0.1, 0.15) is 5.75 Å². The Kier molecular flexibility index (Phi) is 7.74. The number of carbonyl (C=O) groups is 1. The zero-order chi connectivity index (χ0) is 22.6. The largest absolute Gasteiger partial charge is 0.494 e. The molecule has 1 unspecified atom stereocenters. The summed E-state index contributed by atoms with van der Waals surface area (Å²) in [6.45, 7) is 1.63. The Morgan fingerprint density at radius 2 is 1.88 bits per heavy atom. The molecule has 0 aromatic heterocycles. The second kappa shape index (κ2) is 10.5. The van der Waals surface area contributed by atoms with E-state index in [0.717, 1.165) is 57.1 Å². The molecule has 0 radical (unpaired) electrons. The summed E-state index contributed by atoms with van der Waals surface area (Å²) in [6, 6.07) is 7.86. The molecule has 1 amide bonds. The number of hydrogen-bond acceptors (Lipinski definition) is 5. The van der Waals surface area contributed by atoms with Gasteiger partial charge in [-0.3, -0.25) is 4.79 Å². The van der Waals surface area contributed by atoms with Crippen LogP contribution >= 0.6 is 0 Å². The monoisotopic (exact) mass is 464 g/mol. The van der Waals surface area contributed by atoms with Gasteiger partial charge in [0.25, 0.3) is 0 Å². The molecule has 2 fully saturated rings. The third-order valence-corrected chi connectivity index (χ3v) is 7.76. The molecule has 7 nitrogen and oxygen atoms in total. The highest BCUT2D eigenvalue weighted by Gasteiger charge is 2.36. The first-order chi connectivity index (χ1) is 15.4. The third kappa shape index (κ3) is 6.23. The lowest BCUT2D eigenvalue weighted by molar-refractivity contribution is -0.138. The summed E-state index contributed by atoms with van der Waals surface area (Å²) in [5, 5.41) is 0. The lowest BCUT2D eigenvalue weighted by Crippen LogP contribution is -2.59. The number of sulfonamides is 1. The van der Waals surface area contributed by atoms with Crippen LogP contribution in [0.4, 0.5) is 0 Å². The van der Waals surface area contributed by atoms with E-state index >= 15 is 0 Å². The molecule has 1 aliphatic carbocycles. The van der Waals surface area contributed by atoms with E-state index in [9.17, 15) is 13.2 Å². The average molecular weight is 465 g/mol. The fraction of sp³-hybridized carbons (Fsp3) is 0.708. The minimum atomic E-state index is -3.36. The van der Waals surface area contributed by atoms with E-state index < -0.39 is 10.0 Å². The topological polar surface area (TPSA) is 84.9 Å². The van der Waals surface area contributed by atoms with Crippen LogP contribution in [-0.2, 0) is 19.6 Å². The number of rotatable bonds is 2. The number of nitrogens with zero attached hydrogens (tertiary/aromatic N) is 1. The van der Waals surface area contributed by atoms with Crippen molar-refractivity contribution in [1.29, 1.82) is 0 Å². The minimum Gasteiger partial charge on any atom is -0.494 e. The molecule has 4 aliphatic rings. The maximum atomic E-state index is 13.1. The average Bonchev–Trinajstić information content (AvgIpc) is 2.77. The lowest BCUT2D eigenvalue weighted by Gasteiger charge is -2.42. The zero-order valence-corrected chi connectivity index (χ0v) is 19.8. The van der Waals surface area contributed by atoms with Crippen LogP contribution in [-0.4, -0.2) is 63.4 Å². The molecule has 2 atom stereocenters. The highest BCUT2D eigenvalue weighted by atomic mass is 32.2. The van der Waals surface area contributed by atoms with Crippen molar-refractivity contribution in [3.63, 3.8) is 0 Å². The summed E-state index contributed by atoms with van der Waals surface area (Å²) in [5.74, 6) is 1.50. The van der Waals surface area contributed by atoms with E-state index in [0.29, 0.717) is 32.1 Å². The molecule has 1 aromatic rings. The Bertz CT molecular complexity index is 882. The minimum absolute atomic E-state index is 0.0774. The van der Waals surface area contributed by atoms with E-state index in [1.165, 1.54) is 11.8 Å². The Labute approximate surface area is 191 Å². The van der Waals surface area contributed by atoms with E-state index in [1.54, 1.807) is 0 Å². The molecular weight excluding hydrogens is 428 g/mol. The summed E-state index contributed by atoms with van der Waals surface area (Å²) in [5.41, 5.74) is 1.33. The van der Waals surface area contributed by atoms with Gasteiger partial charge in [-0.25, -0.2) is 13.1 Å². The molecule has 5 rings (SSSR count). The van der Waals surface area contributed by atoms with E-state index in [1.807, 2.05) is 11.0 Å². The molecule has 1 saturated heterocycles. The predicted octanol–water partition coefficient (Wildman–Crippen LogP) is 3.20. The molecule has 178 valence electrons. The number of carbonyl (C=O) groups excluding carboxylic acids is 1. The maximum Gasteiger partial charge on any atom is 0.222 e. The van der Waals surface area contributed by atoms with Crippen molar-refractivity contribution in [2.75, 3.05) is 26.0 Å². The number of benzene rings is 1. The summed E-state index contributed by atoms with van der Waals surface area (Å²) in [6.07, 6.45) is 8.92.